The van der Waals surface area contributed by atoms with Crippen molar-refractivity contribution in [1.29, 1.82) is 0 Å². The maximum Gasteiger partial charge on any atom is 0.360 e. The number of carbonyl (C=O) groups excluding carboxylic acids is 2. The van der Waals surface area contributed by atoms with Crippen LogP contribution in [0.1, 0.15) is 38.9 Å². The first-order valence-electron chi connectivity index (χ1n) is 7.52. The Bertz CT molecular complexity index is 788. The molecule has 126 valence electrons. The number of hydrogen-bond acceptors (Lipinski definition) is 5. The number of rotatable bonds is 4. The van der Waals surface area contributed by atoms with Crippen molar-refractivity contribution < 1.29 is 19.1 Å². The smallest absolute Gasteiger partial charge is 0.360 e. The van der Waals surface area contributed by atoms with Crippen LogP contribution in [-0.4, -0.2) is 35.1 Å². The van der Waals surface area contributed by atoms with Gasteiger partial charge in [-0.15, -0.1) is 0 Å². The molecule has 2 N–H and O–H groups in total. The van der Waals surface area contributed by atoms with Gasteiger partial charge in [0.15, 0.2) is 5.69 Å². The van der Waals surface area contributed by atoms with E-state index < -0.39 is 5.97 Å². The summed E-state index contributed by atoms with van der Waals surface area (Å²) in [5.74, 6) is -0.874. The molecule has 0 fully saturated rings. The van der Waals surface area contributed by atoms with Crippen molar-refractivity contribution in [2.75, 3.05) is 18.5 Å². The van der Waals surface area contributed by atoms with Crippen LogP contribution >= 0.6 is 11.6 Å². The van der Waals surface area contributed by atoms with Crippen LogP contribution in [0.15, 0.2) is 18.2 Å². The Morgan fingerprint density at radius 1 is 1.46 bits per heavy atom. The lowest BCUT2D eigenvalue weighted by atomic mass is 9.97. The van der Waals surface area contributed by atoms with Gasteiger partial charge in [0.2, 0.25) is 5.95 Å². The number of hydrogen-bond donors (Lipinski definition) is 2. The van der Waals surface area contributed by atoms with Crippen molar-refractivity contribution in [2.24, 2.45) is 0 Å². The van der Waals surface area contributed by atoms with Crippen LogP contribution in [0.4, 0.5) is 5.95 Å². The maximum atomic E-state index is 12.5. The number of aromatic nitrogens is 2. The van der Waals surface area contributed by atoms with Gasteiger partial charge in [0.25, 0.3) is 5.91 Å². The zero-order valence-corrected chi connectivity index (χ0v) is 13.8. The van der Waals surface area contributed by atoms with Crippen LogP contribution < -0.4 is 5.32 Å². The van der Waals surface area contributed by atoms with E-state index in [-0.39, 0.29) is 29.3 Å². The second kappa shape index (κ2) is 7.02. The van der Waals surface area contributed by atoms with Gasteiger partial charge >= 0.3 is 5.97 Å². The molecule has 8 heteroatoms. The number of imidazole rings is 1. The van der Waals surface area contributed by atoms with Crippen LogP contribution in [0.5, 0.6) is 0 Å². The van der Waals surface area contributed by atoms with Gasteiger partial charge in [-0.25, -0.2) is 9.78 Å². The molecule has 0 saturated heterocycles. The number of carbonyl (C=O) groups is 2. The minimum Gasteiger partial charge on any atom is -0.461 e. The Kier molecular flexibility index (Phi) is 4.82. The lowest BCUT2D eigenvalue weighted by Gasteiger charge is -2.19. The summed E-state index contributed by atoms with van der Waals surface area (Å²) < 4.78 is 10.3. The van der Waals surface area contributed by atoms with E-state index >= 15 is 0 Å². The maximum absolute atomic E-state index is 12.5. The average Bonchev–Trinajstić information content (AvgIpc) is 2.95. The summed E-state index contributed by atoms with van der Waals surface area (Å²) in [4.78, 5) is 30.9. The molecule has 2 aromatic rings. The highest BCUT2D eigenvalue weighted by molar-refractivity contribution is 6.32. The fraction of sp³-hybridized carbons (Fsp3) is 0.312. The number of nitrogens with zero attached hydrogens (tertiary/aromatic N) is 1. The Labute approximate surface area is 143 Å². The molecular formula is C16H16ClN3O4. The number of aromatic amines is 1. The molecule has 1 aliphatic heterocycles. The van der Waals surface area contributed by atoms with Crippen LogP contribution in [0.3, 0.4) is 0 Å². The Balaban J connectivity index is 1.81. The van der Waals surface area contributed by atoms with E-state index in [0.29, 0.717) is 25.2 Å². The Hall–Kier alpha value is -2.38. The van der Waals surface area contributed by atoms with Gasteiger partial charge in [-0.1, -0.05) is 23.7 Å². The van der Waals surface area contributed by atoms with E-state index in [4.69, 9.17) is 21.1 Å². The number of anilines is 1. The van der Waals surface area contributed by atoms with Gasteiger partial charge in [0, 0.05) is 5.56 Å². The van der Waals surface area contributed by atoms with E-state index in [9.17, 15) is 9.59 Å². The summed E-state index contributed by atoms with van der Waals surface area (Å²) in [5.41, 5.74) is 2.46. The molecule has 0 aliphatic carbocycles. The third-order valence-electron chi connectivity index (χ3n) is 3.63. The third kappa shape index (κ3) is 3.27. The number of H-pyrrole nitrogens is 1. The summed E-state index contributed by atoms with van der Waals surface area (Å²) in [5, 5.41) is 2.65. The lowest BCUT2D eigenvalue weighted by Crippen LogP contribution is -2.19. The molecule has 1 aromatic carbocycles. The van der Waals surface area contributed by atoms with Gasteiger partial charge in [0.1, 0.15) is 5.15 Å². The zero-order chi connectivity index (χ0) is 17.1. The van der Waals surface area contributed by atoms with Crippen molar-refractivity contribution in [3.8, 4) is 0 Å². The molecule has 7 nitrogen and oxygen atoms in total. The molecule has 0 unspecified atom stereocenters. The topological polar surface area (TPSA) is 93.3 Å². The second-order valence-corrected chi connectivity index (χ2v) is 5.55. The molecule has 2 heterocycles. The van der Waals surface area contributed by atoms with Crippen molar-refractivity contribution in [3.05, 3.63) is 45.7 Å². The number of amides is 1. The minimum atomic E-state index is -0.645. The Morgan fingerprint density at radius 3 is 3.08 bits per heavy atom. The van der Waals surface area contributed by atoms with Crippen LogP contribution in [0, 0.1) is 0 Å². The van der Waals surface area contributed by atoms with Crippen LogP contribution in [0.2, 0.25) is 5.15 Å². The van der Waals surface area contributed by atoms with Crippen molar-refractivity contribution >= 4 is 29.4 Å². The molecular weight excluding hydrogens is 334 g/mol. The van der Waals surface area contributed by atoms with Gasteiger partial charge < -0.3 is 14.5 Å². The number of fused-ring (bicyclic) bond motifs is 1. The average molecular weight is 350 g/mol. The first-order valence-corrected chi connectivity index (χ1v) is 7.90. The fourth-order valence-corrected chi connectivity index (χ4v) is 2.76. The monoisotopic (exact) mass is 349 g/mol. The zero-order valence-electron chi connectivity index (χ0n) is 13.0. The summed E-state index contributed by atoms with van der Waals surface area (Å²) in [6.45, 7) is 2.97. The summed E-state index contributed by atoms with van der Waals surface area (Å²) >= 11 is 5.93. The molecule has 1 aromatic heterocycles. The number of nitrogens with one attached hydrogen (secondary N) is 2. The summed E-state index contributed by atoms with van der Waals surface area (Å²) in [6, 6.07) is 5.49. The second-order valence-electron chi connectivity index (χ2n) is 5.17. The molecule has 0 spiro atoms. The van der Waals surface area contributed by atoms with Crippen LogP contribution in [-0.2, 0) is 22.5 Å². The summed E-state index contributed by atoms with van der Waals surface area (Å²) in [7, 11) is 0. The normalized spacial score (nSPS) is 13.2. The molecule has 3 rings (SSSR count). The predicted octanol–water partition coefficient (Wildman–Crippen LogP) is 2.56. The minimum absolute atomic E-state index is 0.0206. The first-order chi connectivity index (χ1) is 11.6. The number of halogens is 1. The third-order valence-corrected chi connectivity index (χ3v) is 3.91. The number of benzene rings is 1. The molecule has 0 bridgehead atoms. The van der Waals surface area contributed by atoms with E-state index in [1.807, 2.05) is 12.1 Å². The van der Waals surface area contributed by atoms with Crippen molar-refractivity contribution in [2.45, 2.75) is 20.0 Å². The van der Waals surface area contributed by atoms with E-state index in [2.05, 4.69) is 15.3 Å². The van der Waals surface area contributed by atoms with Crippen molar-refractivity contribution in [3.63, 3.8) is 0 Å². The molecule has 0 saturated carbocycles. The van der Waals surface area contributed by atoms with E-state index in [1.165, 1.54) is 0 Å². The van der Waals surface area contributed by atoms with Gasteiger partial charge in [-0.2, -0.15) is 0 Å². The Morgan fingerprint density at radius 2 is 2.29 bits per heavy atom. The largest absolute Gasteiger partial charge is 0.461 e. The summed E-state index contributed by atoms with van der Waals surface area (Å²) in [6.07, 6.45) is 0.673. The predicted molar refractivity (Wildman–Crippen MR) is 87.3 cm³/mol. The molecule has 0 radical (unpaired) electrons. The molecule has 1 amide bonds. The SMILES string of the molecule is CCOC(=O)c1nc(NC(=O)c2cccc3c2CCOC3)[nH]c1Cl. The van der Waals surface area contributed by atoms with Crippen molar-refractivity contribution in [1.82, 2.24) is 9.97 Å². The highest BCUT2D eigenvalue weighted by Crippen LogP contribution is 2.22. The van der Waals surface area contributed by atoms with Gasteiger partial charge in [-0.3, -0.25) is 10.1 Å². The standard InChI is InChI=1S/C16H16ClN3O4/c1-2-24-15(22)12-13(17)19-16(18-12)20-14(21)11-5-3-4-9-8-23-7-6-10(9)11/h3-5H,2,6-8H2,1H3,(H2,18,19,20,21). The molecule has 24 heavy (non-hydrogen) atoms. The quantitative estimate of drug-likeness (QED) is 0.827. The highest BCUT2D eigenvalue weighted by Gasteiger charge is 2.21. The fourth-order valence-electron chi connectivity index (χ4n) is 2.55. The number of esters is 1. The first kappa shape index (κ1) is 16.5. The lowest BCUT2D eigenvalue weighted by molar-refractivity contribution is 0.0520. The number of ether oxygens (including phenoxy) is 2. The van der Waals surface area contributed by atoms with Gasteiger partial charge in [-0.05, 0) is 30.5 Å². The van der Waals surface area contributed by atoms with Crippen LogP contribution in [0.25, 0.3) is 0 Å². The molecule has 0 atom stereocenters. The van der Waals surface area contributed by atoms with Gasteiger partial charge in [0.05, 0.1) is 19.8 Å². The highest BCUT2D eigenvalue weighted by atomic mass is 35.5. The van der Waals surface area contributed by atoms with E-state index in [0.717, 1.165) is 11.1 Å². The van der Waals surface area contributed by atoms with E-state index in [1.54, 1.807) is 13.0 Å². The molecule has 1 aliphatic rings.